The van der Waals surface area contributed by atoms with Crippen LogP contribution in [0, 0.1) is 0 Å². The Hall–Kier alpha value is -4.69. The Labute approximate surface area is 223 Å². The summed E-state index contributed by atoms with van der Waals surface area (Å²) in [4.78, 5) is 30.5. The van der Waals surface area contributed by atoms with Crippen LogP contribution >= 0.6 is 11.8 Å². The summed E-state index contributed by atoms with van der Waals surface area (Å²) < 4.78 is 7.38. The SMILES string of the molecule is O=C(CSc1nc2ccccc2c(=O)n1-c1ccccc1)N/N=C\c1cccc(OCc2ccccc2)c1. The minimum atomic E-state index is -0.315. The summed E-state index contributed by atoms with van der Waals surface area (Å²) in [6.07, 6.45) is 1.56. The topological polar surface area (TPSA) is 85.6 Å². The molecule has 5 aromatic rings. The molecule has 5 rings (SSSR count). The maximum absolute atomic E-state index is 13.3. The first kappa shape index (κ1) is 25.0. The molecule has 0 fully saturated rings. The number of nitrogens with zero attached hydrogens (tertiary/aromatic N) is 3. The van der Waals surface area contributed by atoms with Crippen molar-refractivity contribution in [3.63, 3.8) is 0 Å². The lowest BCUT2D eigenvalue weighted by Crippen LogP contribution is -2.24. The number of thioether (sulfide) groups is 1. The zero-order chi connectivity index (χ0) is 26.2. The summed E-state index contributed by atoms with van der Waals surface area (Å²) in [6, 6.07) is 33.8. The van der Waals surface area contributed by atoms with Crippen molar-refractivity contribution in [2.45, 2.75) is 11.8 Å². The Morgan fingerprint density at radius 1 is 0.921 bits per heavy atom. The zero-order valence-electron chi connectivity index (χ0n) is 20.4. The number of aromatic nitrogens is 2. The van der Waals surface area contributed by atoms with E-state index in [4.69, 9.17) is 4.74 Å². The van der Waals surface area contributed by atoms with Gasteiger partial charge in [-0.1, -0.05) is 84.6 Å². The van der Waals surface area contributed by atoms with Crippen molar-refractivity contribution in [1.29, 1.82) is 0 Å². The van der Waals surface area contributed by atoms with Crippen LogP contribution in [0.15, 0.2) is 124 Å². The number of rotatable bonds is 9. The van der Waals surface area contributed by atoms with E-state index in [1.54, 1.807) is 18.3 Å². The first-order valence-electron chi connectivity index (χ1n) is 12.0. The van der Waals surface area contributed by atoms with Gasteiger partial charge in [0, 0.05) is 0 Å². The van der Waals surface area contributed by atoms with E-state index >= 15 is 0 Å². The standard InChI is InChI=1S/C30H24N4O3S/c35-28(33-31-19-23-12-9-15-25(18-23)37-20-22-10-3-1-4-11-22)21-38-30-32-27-17-8-7-16-26(27)29(36)34(30)24-13-5-2-6-14-24/h1-19H,20-21H2,(H,33,35)/b31-19-. The summed E-state index contributed by atoms with van der Waals surface area (Å²) in [6.45, 7) is 0.465. The monoisotopic (exact) mass is 520 g/mol. The molecule has 4 aromatic carbocycles. The van der Waals surface area contributed by atoms with Crippen molar-refractivity contribution in [3.05, 3.63) is 131 Å². The van der Waals surface area contributed by atoms with Crippen LogP contribution in [0.5, 0.6) is 5.75 Å². The quantitative estimate of drug-likeness (QED) is 0.125. The average molecular weight is 521 g/mol. The third kappa shape index (κ3) is 6.16. The van der Waals surface area contributed by atoms with E-state index in [2.05, 4.69) is 15.5 Å². The Morgan fingerprint density at radius 3 is 2.47 bits per heavy atom. The number of carbonyl (C=O) groups is 1. The van der Waals surface area contributed by atoms with E-state index in [1.807, 2.05) is 97.1 Å². The molecule has 1 heterocycles. The molecule has 0 aliphatic rings. The van der Waals surface area contributed by atoms with E-state index in [9.17, 15) is 9.59 Å². The van der Waals surface area contributed by atoms with Crippen molar-refractivity contribution in [2.24, 2.45) is 5.10 Å². The summed E-state index contributed by atoms with van der Waals surface area (Å²) in [7, 11) is 0. The van der Waals surface area contributed by atoms with Crippen molar-refractivity contribution in [3.8, 4) is 11.4 Å². The predicted molar refractivity (Wildman–Crippen MR) is 151 cm³/mol. The fraction of sp³-hybridized carbons (Fsp3) is 0.0667. The second kappa shape index (κ2) is 12.0. The molecule has 1 N–H and O–H groups in total. The van der Waals surface area contributed by atoms with Gasteiger partial charge < -0.3 is 4.74 Å². The average Bonchev–Trinajstić information content (AvgIpc) is 2.96. The fourth-order valence-electron chi connectivity index (χ4n) is 3.78. The third-order valence-electron chi connectivity index (χ3n) is 5.60. The molecule has 1 amide bonds. The molecule has 0 bridgehead atoms. The number of amides is 1. The van der Waals surface area contributed by atoms with Gasteiger partial charge in [0.05, 0.1) is 28.6 Å². The molecule has 0 unspecified atom stereocenters. The van der Waals surface area contributed by atoms with Crippen LogP contribution in [0.4, 0.5) is 0 Å². The van der Waals surface area contributed by atoms with Crippen LogP contribution in [0.1, 0.15) is 11.1 Å². The first-order valence-corrected chi connectivity index (χ1v) is 12.9. The second-order valence-electron chi connectivity index (χ2n) is 8.32. The highest BCUT2D eigenvalue weighted by Crippen LogP contribution is 2.21. The molecule has 0 saturated heterocycles. The van der Waals surface area contributed by atoms with Gasteiger partial charge in [-0.3, -0.25) is 14.2 Å². The van der Waals surface area contributed by atoms with Crippen molar-refractivity contribution in [1.82, 2.24) is 15.0 Å². The molecule has 7 nitrogen and oxygen atoms in total. The third-order valence-corrected chi connectivity index (χ3v) is 6.54. The minimum Gasteiger partial charge on any atom is -0.489 e. The Kier molecular flexibility index (Phi) is 7.91. The Morgan fingerprint density at radius 2 is 1.66 bits per heavy atom. The lowest BCUT2D eigenvalue weighted by atomic mass is 10.2. The van der Waals surface area contributed by atoms with Crippen LogP contribution in [0.25, 0.3) is 16.6 Å². The van der Waals surface area contributed by atoms with E-state index in [1.165, 1.54) is 16.3 Å². The molecular formula is C30H24N4O3S. The molecule has 188 valence electrons. The number of ether oxygens (including phenoxy) is 1. The number of hydrogen-bond donors (Lipinski definition) is 1. The maximum Gasteiger partial charge on any atom is 0.266 e. The van der Waals surface area contributed by atoms with Gasteiger partial charge in [0.1, 0.15) is 12.4 Å². The highest BCUT2D eigenvalue weighted by molar-refractivity contribution is 7.99. The predicted octanol–water partition coefficient (Wildman–Crippen LogP) is 5.21. The number of para-hydroxylation sites is 2. The number of hydrazone groups is 1. The molecule has 0 atom stereocenters. The number of nitrogens with one attached hydrogen (secondary N) is 1. The van der Waals surface area contributed by atoms with Crippen LogP contribution in [-0.2, 0) is 11.4 Å². The molecule has 38 heavy (non-hydrogen) atoms. The summed E-state index contributed by atoms with van der Waals surface area (Å²) in [5.41, 5.74) is 5.50. The van der Waals surface area contributed by atoms with E-state index < -0.39 is 0 Å². The van der Waals surface area contributed by atoms with Gasteiger partial charge >= 0.3 is 0 Å². The lowest BCUT2D eigenvalue weighted by Gasteiger charge is -2.12. The smallest absolute Gasteiger partial charge is 0.266 e. The van der Waals surface area contributed by atoms with Gasteiger partial charge in [0.25, 0.3) is 11.5 Å². The minimum absolute atomic E-state index is 0.0369. The molecule has 0 aliphatic heterocycles. The number of benzene rings is 4. The van der Waals surface area contributed by atoms with Crippen molar-refractivity contribution >= 4 is 34.8 Å². The summed E-state index contributed by atoms with van der Waals surface area (Å²) in [5.74, 6) is 0.431. The van der Waals surface area contributed by atoms with Crippen molar-refractivity contribution in [2.75, 3.05) is 5.75 Å². The van der Waals surface area contributed by atoms with Gasteiger partial charge in [-0.05, 0) is 47.5 Å². The molecule has 0 saturated carbocycles. The van der Waals surface area contributed by atoms with Gasteiger partial charge in [-0.25, -0.2) is 10.4 Å². The molecule has 0 aliphatic carbocycles. The summed E-state index contributed by atoms with van der Waals surface area (Å²) >= 11 is 1.18. The van der Waals surface area contributed by atoms with Crippen LogP contribution in [0.3, 0.4) is 0 Å². The van der Waals surface area contributed by atoms with Gasteiger partial charge in [0.2, 0.25) is 0 Å². The zero-order valence-corrected chi connectivity index (χ0v) is 21.2. The first-order chi connectivity index (χ1) is 18.7. The van der Waals surface area contributed by atoms with Gasteiger partial charge in [0.15, 0.2) is 5.16 Å². The van der Waals surface area contributed by atoms with Crippen LogP contribution < -0.4 is 15.7 Å². The maximum atomic E-state index is 13.3. The molecule has 1 aromatic heterocycles. The summed E-state index contributed by atoms with van der Waals surface area (Å²) in [5, 5.41) is 5.03. The Bertz CT molecular complexity index is 1640. The number of hydrogen-bond acceptors (Lipinski definition) is 6. The molecule has 0 radical (unpaired) electrons. The molecule has 0 spiro atoms. The second-order valence-corrected chi connectivity index (χ2v) is 9.26. The van der Waals surface area contributed by atoms with Gasteiger partial charge in [-0.15, -0.1) is 0 Å². The van der Waals surface area contributed by atoms with Crippen LogP contribution in [-0.4, -0.2) is 27.4 Å². The lowest BCUT2D eigenvalue weighted by molar-refractivity contribution is -0.118. The highest BCUT2D eigenvalue weighted by Gasteiger charge is 2.14. The Balaban J connectivity index is 1.24. The largest absolute Gasteiger partial charge is 0.489 e. The van der Waals surface area contributed by atoms with E-state index in [-0.39, 0.29) is 17.2 Å². The normalized spacial score (nSPS) is 11.1. The number of fused-ring (bicyclic) bond motifs is 1. The van der Waals surface area contributed by atoms with E-state index in [0.717, 1.165) is 11.1 Å². The fourth-order valence-corrected chi connectivity index (χ4v) is 4.59. The van der Waals surface area contributed by atoms with Crippen molar-refractivity contribution < 1.29 is 9.53 Å². The number of carbonyl (C=O) groups excluding carboxylic acids is 1. The van der Waals surface area contributed by atoms with E-state index in [0.29, 0.717) is 34.1 Å². The molecule has 8 heteroatoms. The highest BCUT2D eigenvalue weighted by atomic mass is 32.2. The van der Waals surface area contributed by atoms with Gasteiger partial charge in [-0.2, -0.15) is 5.10 Å². The van der Waals surface area contributed by atoms with Crippen LogP contribution in [0.2, 0.25) is 0 Å². The molecular weight excluding hydrogens is 496 g/mol.